The highest BCUT2D eigenvalue weighted by atomic mass is 16.5. The number of benzene rings is 1. The molecule has 2 aliphatic rings. The number of rotatable bonds is 10. The summed E-state index contributed by atoms with van der Waals surface area (Å²) in [4.78, 5) is 35.8. The lowest BCUT2D eigenvalue weighted by atomic mass is 9.98. The van der Waals surface area contributed by atoms with Crippen LogP contribution in [-0.2, 0) is 11.2 Å². The number of hydrogen-bond donors (Lipinski definition) is 2. The number of ether oxygens (including phenoxy) is 3. The van der Waals surface area contributed by atoms with Crippen LogP contribution in [0.2, 0.25) is 0 Å². The minimum Gasteiger partial charge on any atom is -0.481 e. The topological polar surface area (TPSA) is 127 Å². The standard InChI is InChI=1S/C30H40N8O4/c1-5-6-7-13-31-29(39)32-22-10-8-21(9-11-22)27-35-26-20(2)38(24-19-25(40-3)34-30(33-24)41-4)14-12-23(26)28(36-27)37-15-17-42-18-16-37/h8-11,19-20H,5-7,12-18H2,1-4H3,(H2,31,32,39). The van der Waals surface area contributed by atoms with Gasteiger partial charge in [-0.05, 0) is 44.0 Å². The number of nitrogens with zero attached hydrogens (tertiary/aromatic N) is 6. The number of anilines is 3. The number of aromatic nitrogens is 4. The van der Waals surface area contributed by atoms with Gasteiger partial charge in [0.2, 0.25) is 5.88 Å². The number of carbonyl (C=O) groups excluding carboxylic acids is 1. The average Bonchev–Trinajstić information content (AvgIpc) is 3.03. The summed E-state index contributed by atoms with van der Waals surface area (Å²) in [7, 11) is 3.12. The maximum absolute atomic E-state index is 12.3. The van der Waals surface area contributed by atoms with Crippen molar-refractivity contribution in [3.05, 3.63) is 41.6 Å². The van der Waals surface area contributed by atoms with Crippen molar-refractivity contribution in [3.8, 4) is 23.3 Å². The van der Waals surface area contributed by atoms with Crippen LogP contribution in [-0.4, -0.2) is 79.6 Å². The third-order valence-electron chi connectivity index (χ3n) is 7.62. The van der Waals surface area contributed by atoms with E-state index in [0.717, 1.165) is 68.0 Å². The number of amides is 2. The van der Waals surface area contributed by atoms with Crippen LogP contribution >= 0.6 is 0 Å². The van der Waals surface area contributed by atoms with Gasteiger partial charge in [-0.25, -0.2) is 14.8 Å². The van der Waals surface area contributed by atoms with Crippen molar-refractivity contribution in [2.45, 2.75) is 45.6 Å². The van der Waals surface area contributed by atoms with Gasteiger partial charge in [0.05, 0.1) is 39.2 Å². The summed E-state index contributed by atoms with van der Waals surface area (Å²) in [5, 5.41) is 5.82. The summed E-state index contributed by atoms with van der Waals surface area (Å²) >= 11 is 0. The molecule has 1 saturated heterocycles. The zero-order chi connectivity index (χ0) is 29.5. The molecule has 2 aliphatic heterocycles. The first-order valence-electron chi connectivity index (χ1n) is 14.6. The van der Waals surface area contributed by atoms with Crippen molar-refractivity contribution in [1.29, 1.82) is 0 Å². The molecule has 0 radical (unpaired) electrons. The molecule has 2 amide bonds. The molecule has 0 spiro atoms. The zero-order valence-corrected chi connectivity index (χ0v) is 24.9. The molecule has 42 heavy (non-hydrogen) atoms. The van der Waals surface area contributed by atoms with E-state index in [2.05, 4.69) is 44.2 Å². The molecule has 1 atom stereocenters. The lowest BCUT2D eigenvalue weighted by molar-refractivity contribution is 0.122. The quantitative estimate of drug-likeness (QED) is 0.339. The molecule has 2 aromatic heterocycles. The number of methoxy groups -OCH3 is 2. The molecule has 12 nitrogen and oxygen atoms in total. The number of carbonyl (C=O) groups is 1. The molecule has 1 aromatic carbocycles. The van der Waals surface area contributed by atoms with Gasteiger partial charge < -0.3 is 34.6 Å². The Balaban J connectivity index is 1.44. The molecule has 224 valence electrons. The minimum atomic E-state index is -0.203. The molecule has 0 bridgehead atoms. The van der Waals surface area contributed by atoms with Gasteiger partial charge in [-0.2, -0.15) is 9.97 Å². The Labute approximate surface area is 246 Å². The molecule has 0 aliphatic carbocycles. The van der Waals surface area contributed by atoms with Gasteiger partial charge in [0.15, 0.2) is 5.82 Å². The molecule has 2 N–H and O–H groups in total. The Morgan fingerprint density at radius 3 is 2.52 bits per heavy atom. The summed E-state index contributed by atoms with van der Waals surface area (Å²) in [5.41, 5.74) is 3.69. The van der Waals surface area contributed by atoms with E-state index in [0.29, 0.717) is 43.0 Å². The summed E-state index contributed by atoms with van der Waals surface area (Å²) in [6.45, 7) is 8.54. The van der Waals surface area contributed by atoms with Crippen molar-refractivity contribution in [2.75, 3.05) is 68.7 Å². The molecule has 3 aromatic rings. The van der Waals surface area contributed by atoms with E-state index in [9.17, 15) is 4.79 Å². The van der Waals surface area contributed by atoms with Crippen molar-refractivity contribution in [2.24, 2.45) is 0 Å². The number of unbranched alkanes of at least 4 members (excludes halogenated alkanes) is 2. The lowest BCUT2D eigenvalue weighted by Gasteiger charge is -2.38. The van der Waals surface area contributed by atoms with Gasteiger partial charge >= 0.3 is 12.0 Å². The predicted octanol–water partition coefficient (Wildman–Crippen LogP) is 4.22. The molecular weight excluding hydrogens is 536 g/mol. The molecule has 1 fully saturated rings. The fraction of sp³-hybridized carbons (Fsp3) is 0.500. The largest absolute Gasteiger partial charge is 0.481 e. The second-order valence-electron chi connectivity index (χ2n) is 10.4. The lowest BCUT2D eigenvalue weighted by Crippen LogP contribution is -2.40. The van der Waals surface area contributed by atoms with E-state index < -0.39 is 0 Å². The number of nitrogens with one attached hydrogen (secondary N) is 2. The highest BCUT2D eigenvalue weighted by Crippen LogP contribution is 2.38. The zero-order valence-electron chi connectivity index (χ0n) is 24.9. The van der Waals surface area contributed by atoms with E-state index >= 15 is 0 Å². The van der Waals surface area contributed by atoms with Gasteiger partial charge in [0.1, 0.15) is 11.6 Å². The van der Waals surface area contributed by atoms with Crippen LogP contribution in [0.1, 0.15) is 50.4 Å². The van der Waals surface area contributed by atoms with Gasteiger partial charge in [0.25, 0.3) is 0 Å². The number of urea groups is 1. The summed E-state index contributed by atoms with van der Waals surface area (Å²) in [5.74, 6) is 2.75. The Morgan fingerprint density at radius 1 is 1.02 bits per heavy atom. The SMILES string of the molecule is CCCCCNC(=O)Nc1ccc(-c2nc3c(c(N4CCOCC4)n2)CCN(c2cc(OC)nc(OC)n2)C3C)cc1. The molecular formula is C30H40N8O4. The van der Waals surface area contributed by atoms with E-state index in [-0.39, 0.29) is 18.1 Å². The van der Waals surface area contributed by atoms with Crippen molar-refractivity contribution < 1.29 is 19.0 Å². The fourth-order valence-electron chi connectivity index (χ4n) is 5.32. The van der Waals surface area contributed by atoms with E-state index in [4.69, 9.17) is 24.2 Å². The minimum absolute atomic E-state index is 0.0862. The maximum Gasteiger partial charge on any atom is 0.321 e. The van der Waals surface area contributed by atoms with Gasteiger partial charge in [0, 0.05) is 49.1 Å². The van der Waals surface area contributed by atoms with Crippen LogP contribution < -0.4 is 29.9 Å². The third kappa shape index (κ3) is 6.64. The molecule has 1 unspecified atom stereocenters. The van der Waals surface area contributed by atoms with Gasteiger partial charge in [-0.15, -0.1) is 0 Å². The first-order chi connectivity index (χ1) is 20.5. The van der Waals surface area contributed by atoms with Gasteiger partial charge in [-0.1, -0.05) is 19.8 Å². The van der Waals surface area contributed by atoms with Crippen molar-refractivity contribution >= 4 is 23.4 Å². The molecule has 4 heterocycles. The van der Waals surface area contributed by atoms with Crippen LogP contribution in [0.4, 0.5) is 22.1 Å². The second-order valence-corrected chi connectivity index (χ2v) is 10.4. The first-order valence-corrected chi connectivity index (χ1v) is 14.6. The fourth-order valence-corrected chi connectivity index (χ4v) is 5.32. The van der Waals surface area contributed by atoms with Crippen LogP contribution in [0.15, 0.2) is 30.3 Å². The van der Waals surface area contributed by atoms with E-state index in [1.807, 2.05) is 30.3 Å². The molecule has 5 rings (SSSR count). The Bertz CT molecular complexity index is 1340. The second kappa shape index (κ2) is 13.6. The van der Waals surface area contributed by atoms with E-state index in [1.165, 1.54) is 0 Å². The monoisotopic (exact) mass is 576 g/mol. The average molecular weight is 577 g/mol. The number of hydrogen-bond acceptors (Lipinski definition) is 10. The predicted molar refractivity (Wildman–Crippen MR) is 162 cm³/mol. The Hall–Kier alpha value is -4.19. The molecule has 0 saturated carbocycles. The van der Waals surface area contributed by atoms with Crippen LogP contribution in [0, 0.1) is 0 Å². The number of fused-ring (bicyclic) bond motifs is 1. The normalized spacial score (nSPS) is 16.5. The third-order valence-corrected chi connectivity index (χ3v) is 7.62. The van der Waals surface area contributed by atoms with Crippen molar-refractivity contribution in [1.82, 2.24) is 25.3 Å². The van der Waals surface area contributed by atoms with Crippen LogP contribution in [0.3, 0.4) is 0 Å². The summed E-state index contributed by atoms with van der Waals surface area (Å²) in [6.07, 6.45) is 3.94. The summed E-state index contributed by atoms with van der Waals surface area (Å²) in [6, 6.07) is 9.44. The first kappa shape index (κ1) is 29.3. The highest BCUT2D eigenvalue weighted by Gasteiger charge is 2.32. The Kier molecular flexibility index (Phi) is 9.52. The van der Waals surface area contributed by atoms with E-state index in [1.54, 1.807) is 14.2 Å². The van der Waals surface area contributed by atoms with Crippen LogP contribution in [0.5, 0.6) is 11.9 Å². The smallest absolute Gasteiger partial charge is 0.321 e. The van der Waals surface area contributed by atoms with Crippen molar-refractivity contribution in [3.63, 3.8) is 0 Å². The Morgan fingerprint density at radius 2 is 1.81 bits per heavy atom. The van der Waals surface area contributed by atoms with Gasteiger partial charge in [-0.3, -0.25) is 0 Å². The van der Waals surface area contributed by atoms with Crippen LogP contribution in [0.25, 0.3) is 11.4 Å². The number of morpholine rings is 1. The highest BCUT2D eigenvalue weighted by molar-refractivity contribution is 5.89. The molecule has 12 heteroatoms. The summed E-state index contributed by atoms with van der Waals surface area (Å²) < 4.78 is 16.4. The maximum atomic E-state index is 12.3.